The predicted molar refractivity (Wildman–Crippen MR) is 53.1 cm³/mol. The van der Waals surface area contributed by atoms with Crippen molar-refractivity contribution >= 4 is 0 Å². The van der Waals surface area contributed by atoms with Crippen LogP contribution in [0.4, 0.5) is 17.6 Å². The Bertz CT molecular complexity index is 399. The first-order valence-electron chi connectivity index (χ1n) is 4.92. The van der Waals surface area contributed by atoms with Crippen molar-refractivity contribution in [3.05, 3.63) is 29.1 Å². The largest absolute Gasteiger partial charge is 0.488 e. The van der Waals surface area contributed by atoms with Crippen LogP contribution < -0.4 is 4.74 Å². The highest BCUT2D eigenvalue weighted by molar-refractivity contribution is 5.37. The third kappa shape index (κ3) is 3.33. The standard InChI is InChI=1S/C11H12F4O2/c1-6(2)17-9-4-8(11(13,14)15)3-7(5-16)10(9)12/h3-4,6,16H,5H2,1-2H3. The minimum Gasteiger partial charge on any atom is -0.488 e. The SMILES string of the molecule is CC(C)Oc1cc(C(F)(F)F)cc(CO)c1F. The molecule has 0 aliphatic heterocycles. The van der Waals surface area contributed by atoms with Crippen molar-refractivity contribution in [2.75, 3.05) is 0 Å². The van der Waals surface area contributed by atoms with Gasteiger partial charge < -0.3 is 9.84 Å². The van der Waals surface area contributed by atoms with Gasteiger partial charge in [-0.25, -0.2) is 4.39 Å². The summed E-state index contributed by atoms with van der Waals surface area (Å²) in [5, 5.41) is 8.80. The van der Waals surface area contributed by atoms with Gasteiger partial charge in [-0.15, -0.1) is 0 Å². The molecule has 0 heterocycles. The quantitative estimate of drug-likeness (QED) is 0.837. The van der Waals surface area contributed by atoms with Crippen LogP contribution in [-0.4, -0.2) is 11.2 Å². The Labute approximate surface area is 95.8 Å². The van der Waals surface area contributed by atoms with E-state index >= 15 is 0 Å². The van der Waals surface area contributed by atoms with Crippen LogP contribution >= 0.6 is 0 Å². The number of halogens is 4. The molecule has 1 aromatic rings. The molecule has 0 saturated heterocycles. The molecule has 0 radical (unpaired) electrons. The number of hydrogen-bond acceptors (Lipinski definition) is 2. The van der Waals surface area contributed by atoms with Gasteiger partial charge in [-0.3, -0.25) is 0 Å². The molecule has 6 heteroatoms. The van der Waals surface area contributed by atoms with E-state index in [1.807, 2.05) is 0 Å². The van der Waals surface area contributed by atoms with Gasteiger partial charge in [-0.05, 0) is 26.0 Å². The first-order valence-corrected chi connectivity index (χ1v) is 4.92. The molecule has 96 valence electrons. The molecule has 1 aromatic carbocycles. The maximum atomic E-state index is 13.5. The number of rotatable bonds is 3. The highest BCUT2D eigenvalue weighted by Gasteiger charge is 2.32. The van der Waals surface area contributed by atoms with E-state index < -0.39 is 41.6 Å². The molecule has 2 nitrogen and oxygen atoms in total. The van der Waals surface area contributed by atoms with E-state index in [4.69, 9.17) is 9.84 Å². The molecular formula is C11H12F4O2. The van der Waals surface area contributed by atoms with Crippen molar-refractivity contribution < 1.29 is 27.4 Å². The maximum absolute atomic E-state index is 13.5. The third-order valence-corrected chi connectivity index (χ3v) is 1.97. The zero-order valence-corrected chi connectivity index (χ0v) is 9.31. The van der Waals surface area contributed by atoms with Crippen molar-refractivity contribution in [1.82, 2.24) is 0 Å². The molecular weight excluding hydrogens is 240 g/mol. The summed E-state index contributed by atoms with van der Waals surface area (Å²) in [6, 6.07) is 1.16. The number of hydrogen-bond donors (Lipinski definition) is 1. The fourth-order valence-electron chi connectivity index (χ4n) is 1.27. The second kappa shape index (κ2) is 4.91. The van der Waals surface area contributed by atoms with E-state index in [0.717, 1.165) is 0 Å². The van der Waals surface area contributed by atoms with Crippen molar-refractivity contribution in [2.45, 2.75) is 32.7 Å². The molecule has 0 aliphatic carbocycles. The Kier molecular flexibility index (Phi) is 3.98. The van der Waals surface area contributed by atoms with Gasteiger partial charge in [0.2, 0.25) is 0 Å². The van der Waals surface area contributed by atoms with E-state index in [1.165, 1.54) is 0 Å². The second-order valence-electron chi connectivity index (χ2n) is 3.77. The Hall–Kier alpha value is -1.30. The normalized spacial score (nSPS) is 12.0. The summed E-state index contributed by atoms with van der Waals surface area (Å²) in [7, 11) is 0. The summed E-state index contributed by atoms with van der Waals surface area (Å²) >= 11 is 0. The lowest BCUT2D eigenvalue weighted by molar-refractivity contribution is -0.137. The maximum Gasteiger partial charge on any atom is 0.416 e. The van der Waals surface area contributed by atoms with E-state index in [9.17, 15) is 17.6 Å². The number of alkyl halides is 3. The van der Waals surface area contributed by atoms with E-state index in [-0.39, 0.29) is 0 Å². The van der Waals surface area contributed by atoms with Crippen LogP contribution in [0.1, 0.15) is 25.0 Å². The van der Waals surface area contributed by atoms with Gasteiger partial charge in [-0.2, -0.15) is 13.2 Å². The molecule has 17 heavy (non-hydrogen) atoms. The molecule has 0 aliphatic rings. The number of ether oxygens (including phenoxy) is 1. The monoisotopic (exact) mass is 252 g/mol. The molecule has 0 amide bonds. The molecule has 0 spiro atoms. The molecule has 1 N–H and O–H groups in total. The number of aliphatic hydroxyl groups excluding tert-OH is 1. The third-order valence-electron chi connectivity index (χ3n) is 1.97. The van der Waals surface area contributed by atoms with Crippen LogP contribution in [0, 0.1) is 5.82 Å². The minimum absolute atomic E-state index is 0.435. The van der Waals surface area contributed by atoms with Crippen LogP contribution in [0.3, 0.4) is 0 Å². The average Bonchev–Trinajstić information content (AvgIpc) is 2.18. The lowest BCUT2D eigenvalue weighted by atomic mass is 10.1. The highest BCUT2D eigenvalue weighted by atomic mass is 19.4. The Morgan fingerprint density at radius 1 is 1.29 bits per heavy atom. The van der Waals surface area contributed by atoms with E-state index in [0.29, 0.717) is 12.1 Å². The smallest absolute Gasteiger partial charge is 0.416 e. The topological polar surface area (TPSA) is 29.5 Å². The first kappa shape index (κ1) is 13.8. The van der Waals surface area contributed by atoms with E-state index in [2.05, 4.69) is 0 Å². The molecule has 0 bridgehead atoms. The lowest BCUT2D eigenvalue weighted by Gasteiger charge is -2.15. The average molecular weight is 252 g/mol. The van der Waals surface area contributed by atoms with Crippen molar-refractivity contribution in [1.29, 1.82) is 0 Å². The van der Waals surface area contributed by atoms with Crippen LogP contribution in [0.15, 0.2) is 12.1 Å². The summed E-state index contributed by atoms with van der Waals surface area (Å²) in [5.74, 6) is -1.46. The van der Waals surface area contributed by atoms with Gasteiger partial charge in [0, 0.05) is 5.56 Å². The van der Waals surface area contributed by atoms with Crippen LogP contribution in [0.5, 0.6) is 5.75 Å². The summed E-state index contributed by atoms with van der Waals surface area (Å²) in [6.45, 7) is 2.32. The van der Waals surface area contributed by atoms with Gasteiger partial charge in [-0.1, -0.05) is 0 Å². The Morgan fingerprint density at radius 2 is 1.88 bits per heavy atom. The van der Waals surface area contributed by atoms with Crippen molar-refractivity contribution in [2.24, 2.45) is 0 Å². The fourth-order valence-corrected chi connectivity index (χ4v) is 1.27. The van der Waals surface area contributed by atoms with Crippen LogP contribution in [-0.2, 0) is 12.8 Å². The van der Waals surface area contributed by atoms with E-state index in [1.54, 1.807) is 13.8 Å². The van der Waals surface area contributed by atoms with Gasteiger partial charge in [0.25, 0.3) is 0 Å². The molecule has 0 aromatic heterocycles. The Morgan fingerprint density at radius 3 is 2.29 bits per heavy atom. The fraction of sp³-hybridized carbons (Fsp3) is 0.455. The van der Waals surface area contributed by atoms with Crippen LogP contribution in [0.25, 0.3) is 0 Å². The number of aliphatic hydroxyl groups is 1. The molecule has 0 fully saturated rings. The number of benzene rings is 1. The van der Waals surface area contributed by atoms with Crippen molar-refractivity contribution in [3.63, 3.8) is 0 Å². The second-order valence-corrected chi connectivity index (χ2v) is 3.77. The summed E-state index contributed by atoms with van der Waals surface area (Å²) < 4.78 is 56.0. The molecule has 0 saturated carbocycles. The molecule has 0 unspecified atom stereocenters. The predicted octanol–water partition coefficient (Wildman–Crippen LogP) is 3.12. The summed E-state index contributed by atoms with van der Waals surface area (Å²) in [4.78, 5) is 0. The summed E-state index contributed by atoms with van der Waals surface area (Å²) in [5.41, 5.74) is -1.48. The first-order chi connectivity index (χ1) is 7.75. The van der Waals surface area contributed by atoms with Gasteiger partial charge >= 0.3 is 6.18 Å². The minimum atomic E-state index is -4.60. The van der Waals surface area contributed by atoms with Gasteiger partial charge in [0.05, 0.1) is 18.3 Å². The van der Waals surface area contributed by atoms with Gasteiger partial charge in [0.15, 0.2) is 11.6 Å². The Balaban J connectivity index is 3.28. The zero-order valence-electron chi connectivity index (χ0n) is 9.31. The molecule has 0 atom stereocenters. The van der Waals surface area contributed by atoms with Crippen LogP contribution in [0.2, 0.25) is 0 Å². The summed E-state index contributed by atoms with van der Waals surface area (Å²) in [6.07, 6.45) is -5.06. The highest BCUT2D eigenvalue weighted by Crippen LogP contribution is 2.34. The lowest BCUT2D eigenvalue weighted by Crippen LogP contribution is -2.12. The zero-order chi connectivity index (χ0) is 13.2. The van der Waals surface area contributed by atoms with Crippen molar-refractivity contribution in [3.8, 4) is 5.75 Å². The molecule has 1 rings (SSSR count). The van der Waals surface area contributed by atoms with Gasteiger partial charge in [0.1, 0.15) is 0 Å².